The molecule has 1 N–H and O–H groups in total. The number of anilines is 2. The second-order valence-electron chi connectivity index (χ2n) is 11.7. The van der Waals surface area contributed by atoms with Crippen molar-refractivity contribution >= 4 is 29.4 Å². The van der Waals surface area contributed by atoms with Gasteiger partial charge in [-0.15, -0.1) is 5.10 Å². The van der Waals surface area contributed by atoms with Crippen LogP contribution in [0.25, 0.3) is 5.65 Å². The highest BCUT2D eigenvalue weighted by atomic mass is 19.1. The van der Waals surface area contributed by atoms with Crippen molar-refractivity contribution in [3.63, 3.8) is 0 Å². The number of amides is 3. The van der Waals surface area contributed by atoms with Crippen LogP contribution in [0.4, 0.5) is 30.0 Å². The van der Waals surface area contributed by atoms with Crippen molar-refractivity contribution in [1.82, 2.24) is 24.4 Å². The minimum absolute atomic E-state index is 0.0958. The minimum Gasteiger partial charge on any atom is -0.444 e. The van der Waals surface area contributed by atoms with Gasteiger partial charge in [-0.25, -0.2) is 23.4 Å². The molecular weight excluding hydrogens is 520 g/mol. The van der Waals surface area contributed by atoms with Crippen molar-refractivity contribution in [2.45, 2.75) is 70.2 Å². The van der Waals surface area contributed by atoms with E-state index in [2.05, 4.69) is 10.3 Å². The van der Waals surface area contributed by atoms with Gasteiger partial charge in [0.2, 0.25) is 0 Å². The standard InChI is InChI=1S/C28H33F2N7O3/c1-28(2,3)40-27(39)36-18-7-8-19(36)16-34(15-18)26(38)32-25-14-31-23-10-11-24(33-37(23)25)35-12-4-5-22(35)20-13-17(29)6-9-21(20)30/h6,9-11,13-14,18-19,22H,4-5,7-8,12,15-16H2,1-3H3,(H,32,38)/t18?,19?,22-/m1/s1. The Morgan fingerprint density at radius 3 is 2.52 bits per heavy atom. The molecule has 0 radical (unpaired) electrons. The number of benzene rings is 1. The van der Waals surface area contributed by atoms with E-state index in [4.69, 9.17) is 9.84 Å². The Balaban J connectivity index is 1.18. The van der Waals surface area contributed by atoms with Gasteiger partial charge in [0.25, 0.3) is 0 Å². The molecule has 3 atom stereocenters. The van der Waals surface area contributed by atoms with Crippen molar-refractivity contribution < 1.29 is 23.1 Å². The lowest BCUT2D eigenvalue weighted by Gasteiger charge is -2.41. The molecule has 2 unspecified atom stereocenters. The summed E-state index contributed by atoms with van der Waals surface area (Å²) in [5.74, 6) is 0.0509. The van der Waals surface area contributed by atoms with Gasteiger partial charge in [-0.1, -0.05) is 0 Å². The van der Waals surface area contributed by atoms with Crippen LogP contribution >= 0.6 is 0 Å². The van der Waals surface area contributed by atoms with E-state index in [1.54, 1.807) is 32.6 Å². The van der Waals surface area contributed by atoms with Crippen LogP contribution in [0.15, 0.2) is 36.5 Å². The molecule has 5 heterocycles. The predicted octanol–water partition coefficient (Wildman–Crippen LogP) is 4.96. The van der Waals surface area contributed by atoms with E-state index in [0.29, 0.717) is 48.9 Å². The van der Waals surface area contributed by atoms with E-state index >= 15 is 0 Å². The first kappa shape index (κ1) is 26.3. The molecule has 3 amide bonds. The molecule has 1 aromatic carbocycles. The molecule has 2 bridgehead atoms. The quantitative estimate of drug-likeness (QED) is 0.493. The van der Waals surface area contributed by atoms with Gasteiger partial charge in [0.1, 0.15) is 23.1 Å². The number of fused-ring (bicyclic) bond motifs is 3. The fourth-order valence-corrected chi connectivity index (χ4v) is 6.11. The van der Waals surface area contributed by atoms with Crippen LogP contribution in [0.3, 0.4) is 0 Å². The van der Waals surface area contributed by atoms with Gasteiger partial charge in [-0.3, -0.25) is 10.2 Å². The van der Waals surface area contributed by atoms with Crippen LogP contribution in [0.5, 0.6) is 0 Å². The summed E-state index contributed by atoms with van der Waals surface area (Å²) in [7, 11) is 0. The van der Waals surface area contributed by atoms with Gasteiger partial charge in [-0.05, 0) is 76.8 Å². The zero-order valence-corrected chi connectivity index (χ0v) is 22.8. The highest BCUT2D eigenvalue weighted by Gasteiger charge is 2.45. The first-order valence-electron chi connectivity index (χ1n) is 13.7. The van der Waals surface area contributed by atoms with Gasteiger partial charge in [0.05, 0.1) is 24.3 Å². The summed E-state index contributed by atoms with van der Waals surface area (Å²) in [6.45, 7) is 6.98. The minimum atomic E-state index is -0.583. The largest absolute Gasteiger partial charge is 0.444 e. The number of likely N-dealkylation sites (tertiary alicyclic amines) is 1. The molecule has 2 aromatic heterocycles. The summed E-state index contributed by atoms with van der Waals surface area (Å²) < 4.78 is 35.7. The molecule has 0 spiro atoms. The Hall–Kier alpha value is -3.96. The monoisotopic (exact) mass is 553 g/mol. The Labute approximate surface area is 230 Å². The Bertz CT molecular complexity index is 1440. The van der Waals surface area contributed by atoms with Crippen molar-refractivity contribution in [1.29, 1.82) is 0 Å². The smallest absolute Gasteiger partial charge is 0.410 e. The van der Waals surface area contributed by atoms with Crippen molar-refractivity contribution in [3.8, 4) is 0 Å². The molecular formula is C28H33F2N7O3. The van der Waals surface area contributed by atoms with Crippen LogP contribution < -0.4 is 10.2 Å². The Kier molecular flexibility index (Phi) is 6.50. The molecule has 12 heteroatoms. The number of nitrogens with zero attached hydrogens (tertiary/aromatic N) is 6. The Morgan fingerprint density at radius 2 is 1.80 bits per heavy atom. The first-order chi connectivity index (χ1) is 19.1. The highest BCUT2D eigenvalue weighted by molar-refractivity contribution is 5.89. The van der Waals surface area contributed by atoms with Crippen molar-refractivity contribution in [2.75, 3.05) is 29.9 Å². The van der Waals surface area contributed by atoms with Gasteiger partial charge < -0.3 is 14.5 Å². The average molecular weight is 554 g/mol. The molecule has 0 aliphatic carbocycles. The van der Waals surface area contributed by atoms with E-state index in [1.165, 1.54) is 6.07 Å². The van der Waals surface area contributed by atoms with Gasteiger partial charge in [0.15, 0.2) is 11.5 Å². The predicted molar refractivity (Wildman–Crippen MR) is 144 cm³/mol. The molecule has 3 aliphatic rings. The summed E-state index contributed by atoms with van der Waals surface area (Å²) in [6, 6.07) is 6.27. The molecule has 0 saturated carbocycles. The number of halogens is 2. The summed E-state index contributed by atoms with van der Waals surface area (Å²) in [5, 5.41) is 7.64. The molecule has 40 heavy (non-hydrogen) atoms. The maximum Gasteiger partial charge on any atom is 0.410 e. The molecule has 10 nitrogen and oxygen atoms in total. The molecule has 3 fully saturated rings. The van der Waals surface area contributed by atoms with E-state index in [9.17, 15) is 18.4 Å². The molecule has 3 aromatic rings. The number of carbonyl (C=O) groups is 2. The lowest BCUT2D eigenvalue weighted by molar-refractivity contribution is 0.000736. The van der Waals surface area contributed by atoms with Crippen molar-refractivity contribution in [3.05, 3.63) is 53.7 Å². The molecule has 6 rings (SSSR count). The van der Waals surface area contributed by atoms with Gasteiger partial charge in [0, 0.05) is 25.2 Å². The average Bonchev–Trinajstić information content (AvgIpc) is 3.60. The lowest BCUT2D eigenvalue weighted by atomic mass is 10.0. The van der Waals surface area contributed by atoms with Gasteiger partial charge in [-0.2, -0.15) is 4.52 Å². The van der Waals surface area contributed by atoms with E-state index in [0.717, 1.165) is 31.4 Å². The number of nitrogens with one attached hydrogen (secondary N) is 1. The second-order valence-corrected chi connectivity index (χ2v) is 11.7. The first-order valence-corrected chi connectivity index (χ1v) is 13.7. The normalized spacial score (nSPS) is 22.7. The van der Waals surface area contributed by atoms with Crippen LogP contribution in [-0.4, -0.2) is 73.8 Å². The van der Waals surface area contributed by atoms with E-state index < -0.39 is 17.2 Å². The number of ether oxygens (including phenoxy) is 1. The topological polar surface area (TPSA) is 95.3 Å². The third kappa shape index (κ3) is 4.90. The highest BCUT2D eigenvalue weighted by Crippen LogP contribution is 2.37. The SMILES string of the molecule is CC(C)(C)OC(=O)N1C2CCC1CN(C(=O)Nc1cnc3ccc(N4CCC[C@@H]4c4cc(F)ccc4F)nn13)C2. The zero-order valence-electron chi connectivity index (χ0n) is 22.8. The number of hydrogen-bond donors (Lipinski definition) is 1. The van der Waals surface area contributed by atoms with E-state index in [1.807, 2.05) is 25.7 Å². The number of piperazine rings is 1. The Morgan fingerprint density at radius 1 is 1.05 bits per heavy atom. The van der Waals surface area contributed by atoms with E-state index in [-0.39, 0.29) is 30.2 Å². The van der Waals surface area contributed by atoms with Gasteiger partial charge >= 0.3 is 12.1 Å². The fraction of sp³-hybridized carbons (Fsp3) is 0.500. The van der Waals surface area contributed by atoms with Crippen molar-refractivity contribution in [2.24, 2.45) is 0 Å². The maximum absolute atomic E-state index is 14.6. The number of hydrogen-bond acceptors (Lipinski definition) is 6. The third-order valence-electron chi connectivity index (χ3n) is 7.82. The number of aromatic nitrogens is 3. The maximum atomic E-state index is 14.6. The number of imidazole rings is 1. The fourth-order valence-electron chi connectivity index (χ4n) is 6.11. The second kappa shape index (κ2) is 9.90. The zero-order chi connectivity index (χ0) is 28.2. The number of urea groups is 1. The summed E-state index contributed by atoms with van der Waals surface area (Å²) in [6.07, 6.45) is 4.32. The van der Waals surface area contributed by atoms with Crippen LogP contribution in [-0.2, 0) is 4.74 Å². The van der Waals surface area contributed by atoms with Crippen LogP contribution in [0, 0.1) is 11.6 Å². The molecule has 3 aliphatic heterocycles. The number of rotatable bonds is 3. The number of carbonyl (C=O) groups excluding carboxylic acids is 2. The summed E-state index contributed by atoms with van der Waals surface area (Å²) in [4.78, 5) is 35.9. The summed E-state index contributed by atoms with van der Waals surface area (Å²) in [5.41, 5.74) is 0.265. The van der Waals surface area contributed by atoms with Crippen LogP contribution in [0.1, 0.15) is 58.1 Å². The third-order valence-corrected chi connectivity index (χ3v) is 7.82. The van der Waals surface area contributed by atoms with Crippen LogP contribution in [0.2, 0.25) is 0 Å². The molecule has 3 saturated heterocycles. The lowest BCUT2D eigenvalue weighted by Crippen LogP contribution is -2.58. The summed E-state index contributed by atoms with van der Waals surface area (Å²) >= 11 is 0. The molecule has 212 valence electrons.